The summed E-state index contributed by atoms with van der Waals surface area (Å²) in [6.45, 7) is 2.14. The van der Waals surface area contributed by atoms with Crippen LogP contribution in [0.5, 0.6) is 0 Å². The first-order chi connectivity index (χ1) is 6.36. The lowest BCUT2D eigenvalue weighted by atomic mass is 10.0. The zero-order valence-electron chi connectivity index (χ0n) is 7.70. The third-order valence-electron chi connectivity index (χ3n) is 2.25. The summed E-state index contributed by atoms with van der Waals surface area (Å²) in [5.41, 5.74) is 3.85. The van der Waals surface area contributed by atoms with Gasteiger partial charge in [-0.2, -0.15) is 0 Å². The van der Waals surface area contributed by atoms with Crippen LogP contribution in [0, 0.1) is 6.92 Å². The summed E-state index contributed by atoms with van der Waals surface area (Å²) >= 11 is 0. The molecule has 1 radical (unpaired) electrons. The molecule has 0 unspecified atom stereocenters. The van der Waals surface area contributed by atoms with Gasteiger partial charge >= 0.3 is 0 Å². The molecule has 0 amide bonds. The molecule has 0 N–H and O–H groups in total. The van der Waals surface area contributed by atoms with E-state index in [2.05, 4.69) is 42.6 Å². The van der Waals surface area contributed by atoms with Crippen LogP contribution >= 0.6 is 0 Å². The largest absolute Gasteiger partial charge is 0.261 e. The van der Waals surface area contributed by atoms with E-state index in [0.29, 0.717) is 0 Å². The molecule has 0 bridgehead atoms. The van der Waals surface area contributed by atoms with E-state index >= 15 is 0 Å². The van der Waals surface area contributed by atoms with Crippen LogP contribution in [0.15, 0.2) is 48.3 Å². The third-order valence-corrected chi connectivity index (χ3v) is 2.25. The molecule has 1 heteroatoms. The molecule has 0 fully saturated rings. The highest BCUT2D eigenvalue weighted by molar-refractivity contribution is 5.32. The lowest BCUT2D eigenvalue weighted by Crippen LogP contribution is -1.98. The van der Waals surface area contributed by atoms with Gasteiger partial charge in [0.25, 0.3) is 0 Å². The van der Waals surface area contributed by atoms with Crippen LogP contribution in [0.25, 0.3) is 0 Å². The van der Waals surface area contributed by atoms with E-state index in [1.165, 1.54) is 11.1 Å². The molecule has 1 aromatic carbocycles. The van der Waals surface area contributed by atoms with Gasteiger partial charge in [-0.25, -0.2) is 0 Å². The Bertz CT molecular complexity index is 361. The summed E-state index contributed by atoms with van der Waals surface area (Å²) in [6.07, 6.45) is 6.83. The van der Waals surface area contributed by atoms with Gasteiger partial charge < -0.3 is 0 Å². The Balaban J connectivity index is 2.14. The number of allylic oxidation sites excluding steroid dienone is 3. The highest BCUT2D eigenvalue weighted by atomic mass is 14.9. The van der Waals surface area contributed by atoms with Gasteiger partial charge in [-0.1, -0.05) is 24.3 Å². The first-order valence-electron chi connectivity index (χ1n) is 4.47. The smallest absolute Gasteiger partial charge is 0.0448 e. The minimum absolute atomic E-state index is 0.944. The molecule has 2 rings (SSSR count). The van der Waals surface area contributed by atoms with E-state index in [-0.39, 0.29) is 0 Å². The fourth-order valence-corrected chi connectivity index (χ4v) is 1.44. The number of nitrogens with zero attached hydrogens (tertiary/aromatic N) is 1. The van der Waals surface area contributed by atoms with Crippen LogP contribution in [0.2, 0.25) is 0 Å². The lowest BCUT2D eigenvalue weighted by Gasteiger charge is -2.04. The monoisotopic (exact) mass is 170 g/mol. The highest BCUT2D eigenvalue weighted by Crippen LogP contribution is 2.13. The molecule has 0 aromatic heterocycles. The van der Waals surface area contributed by atoms with Crippen LogP contribution in [-0.4, -0.2) is 0 Å². The molecule has 65 valence electrons. The Hall–Kier alpha value is -1.50. The second-order valence-electron chi connectivity index (χ2n) is 3.23. The van der Waals surface area contributed by atoms with Gasteiger partial charge in [-0.15, -0.1) is 0 Å². The molecule has 13 heavy (non-hydrogen) atoms. The second kappa shape index (κ2) is 3.48. The molecule has 1 nitrogen and oxygen atoms in total. The predicted molar refractivity (Wildman–Crippen MR) is 54.2 cm³/mol. The molecule has 1 aliphatic rings. The van der Waals surface area contributed by atoms with Crippen molar-refractivity contribution >= 4 is 0 Å². The van der Waals surface area contributed by atoms with E-state index in [4.69, 9.17) is 0 Å². The lowest BCUT2D eigenvalue weighted by molar-refractivity contribution is 0.970. The van der Waals surface area contributed by atoms with Crippen molar-refractivity contribution < 1.29 is 0 Å². The van der Waals surface area contributed by atoms with Crippen molar-refractivity contribution in [1.29, 1.82) is 0 Å². The number of benzene rings is 1. The molecular formula is C12H12N. The maximum atomic E-state index is 4.25. The van der Waals surface area contributed by atoms with Gasteiger partial charge in [-0.05, 0) is 30.2 Å². The van der Waals surface area contributed by atoms with E-state index < -0.39 is 0 Å². The Kier molecular flexibility index (Phi) is 2.17. The molecule has 0 aliphatic carbocycles. The average Bonchev–Trinajstić information content (AvgIpc) is 2.61. The van der Waals surface area contributed by atoms with Crippen molar-refractivity contribution in [2.75, 3.05) is 0 Å². The van der Waals surface area contributed by atoms with Crippen LogP contribution < -0.4 is 5.32 Å². The fraction of sp³-hybridized carbons (Fsp3) is 0.167. The predicted octanol–water partition coefficient (Wildman–Crippen LogP) is 2.55. The summed E-state index contributed by atoms with van der Waals surface area (Å²) in [4.78, 5) is 0. The first-order valence-corrected chi connectivity index (χ1v) is 4.47. The maximum absolute atomic E-state index is 4.25. The molecule has 0 atom stereocenters. The quantitative estimate of drug-likeness (QED) is 0.647. The summed E-state index contributed by atoms with van der Waals surface area (Å²) in [7, 11) is 0. The van der Waals surface area contributed by atoms with Crippen molar-refractivity contribution in [2.45, 2.75) is 13.3 Å². The fourth-order valence-electron chi connectivity index (χ4n) is 1.44. The van der Waals surface area contributed by atoms with Crippen LogP contribution in [-0.2, 0) is 6.42 Å². The summed E-state index contributed by atoms with van der Waals surface area (Å²) in [6, 6.07) is 8.44. The van der Waals surface area contributed by atoms with Gasteiger partial charge in [0.2, 0.25) is 0 Å². The van der Waals surface area contributed by atoms with Crippen LogP contribution in [0.1, 0.15) is 11.1 Å². The van der Waals surface area contributed by atoms with E-state index in [1.807, 2.05) is 12.3 Å². The molecule has 1 heterocycles. The number of aryl methyl sites for hydroxylation is 1. The minimum atomic E-state index is 0.944. The Labute approximate surface area is 78.8 Å². The van der Waals surface area contributed by atoms with Crippen molar-refractivity contribution in [3.8, 4) is 0 Å². The summed E-state index contributed by atoms with van der Waals surface area (Å²) < 4.78 is 0. The normalized spacial score (nSPS) is 14.1. The molecular weight excluding hydrogens is 158 g/mol. The molecule has 0 saturated carbocycles. The maximum Gasteiger partial charge on any atom is 0.0448 e. The number of hydrogen-bond acceptors (Lipinski definition) is 0. The zero-order valence-corrected chi connectivity index (χ0v) is 7.70. The minimum Gasteiger partial charge on any atom is -0.261 e. The topological polar surface area (TPSA) is 14.1 Å². The van der Waals surface area contributed by atoms with Gasteiger partial charge in [0.1, 0.15) is 0 Å². The molecule has 0 spiro atoms. The van der Waals surface area contributed by atoms with Crippen LogP contribution in [0.4, 0.5) is 0 Å². The Morgan fingerprint density at radius 1 is 1.23 bits per heavy atom. The van der Waals surface area contributed by atoms with Gasteiger partial charge in [0.05, 0.1) is 0 Å². The standard InChI is InChI=1S/C12H12N/c1-10-5-2-3-6-11(10)9-12-7-4-8-13-12/h2-8H,9H2,1H3. The van der Waals surface area contributed by atoms with Gasteiger partial charge in [-0.3, -0.25) is 5.32 Å². The van der Waals surface area contributed by atoms with Gasteiger partial charge in [0.15, 0.2) is 0 Å². The first kappa shape index (κ1) is 8.11. The van der Waals surface area contributed by atoms with Crippen molar-refractivity contribution in [3.05, 3.63) is 59.4 Å². The summed E-state index contributed by atoms with van der Waals surface area (Å²) in [5, 5.41) is 4.25. The third kappa shape index (κ3) is 1.81. The van der Waals surface area contributed by atoms with E-state index in [1.54, 1.807) is 0 Å². The summed E-state index contributed by atoms with van der Waals surface area (Å²) in [5.74, 6) is 0. The van der Waals surface area contributed by atoms with Crippen molar-refractivity contribution in [1.82, 2.24) is 5.32 Å². The van der Waals surface area contributed by atoms with Crippen LogP contribution in [0.3, 0.4) is 0 Å². The molecule has 1 aromatic rings. The average molecular weight is 170 g/mol. The van der Waals surface area contributed by atoms with Crippen molar-refractivity contribution in [2.24, 2.45) is 0 Å². The van der Waals surface area contributed by atoms with Gasteiger partial charge in [0, 0.05) is 18.3 Å². The van der Waals surface area contributed by atoms with E-state index in [9.17, 15) is 0 Å². The van der Waals surface area contributed by atoms with E-state index in [0.717, 1.165) is 12.1 Å². The van der Waals surface area contributed by atoms with Crippen molar-refractivity contribution in [3.63, 3.8) is 0 Å². The zero-order chi connectivity index (χ0) is 9.10. The SMILES string of the molecule is Cc1ccccc1CC1=CC=C[N]1. The number of hydrogen-bond donors (Lipinski definition) is 0. The highest BCUT2D eigenvalue weighted by Gasteiger charge is 2.03. The Morgan fingerprint density at radius 3 is 2.77 bits per heavy atom. The number of rotatable bonds is 2. The molecule has 0 saturated heterocycles. The second-order valence-corrected chi connectivity index (χ2v) is 3.23. The Morgan fingerprint density at radius 2 is 2.08 bits per heavy atom. The molecule has 1 aliphatic heterocycles.